The van der Waals surface area contributed by atoms with E-state index in [-0.39, 0.29) is 12.4 Å². The van der Waals surface area contributed by atoms with Gasteiger partial charge in [-0.15, -0.1) is 0 Å². The molecule has 0 spiro atoms. The maximum Gasteiger partial charge on any atom is 0.268 e. The summed E-state index contributed by atoms with van der Waals surface area (Å²) < 4.78 is 14.5. The highest BCUT2D eigenvalue weighted by Crippen LogP contribution is 2.33. The molecule has 3 rings (SSSR count). The highest BCUT2D eigenvalue weighted by molar-refractivity contribution is 7.98. The van der Waals surface area contributed by atoms with Crippen LogP contribution >= 0.6 is 23.3 Å². The van der Waals surface area contributed by atoms with E-state index in [1.54, 1.807) is 18.2 Å². The van der Waals surface area contributed by atoms with E-state index in [1.165, 1.54) is 17.8 Å². The first-order valence-corrected chi connectivity index (χ1v) is 8.40. The van der Waals surface area contributed by atoms with Gasteiger partial charge in [0.1, 0.15) is 11.6 Å². The Kier molecular flexibility index (Phi) is 4.45. The minimum Gasteiger partial charge on any atom is -0.454 e. The van der Waals surface area contributed by atoms with Crippen molar-refractivity contribution < 1.29 is 14.3 Å². The lowest BCUT2D eigenvalue weighted by Gasteiger charge is -2.01. The van der Waals surface area contributed by atoms with Gasteiger partial charge in [0.05, 0.1) is 0 Å². The molecule has 2 aromatic rings. The maximum atomic E-state index is 12.2. The second-order valence-electron chi connectivity index (χ2n) is 4.32. The van der Waals surface area contributed by atoms with Crippen LogP contribution < -0.4 is 14.8 Å². The number of nitriles is 1. The van der Waals surface area contributed by atoms with Crippen molar-refractivity contribution in [3.63, 3.8) is 0 Å². The van der Waals surface area contributed by atoms with Crippen molar-refractivity contribution in [1.29, 1.82) is 5.26 Å². The van der Waals surface area contributed by atoms with Gasteiger partial charge in [0, 0.05) is 11.5 Å². The lowest BCUT2D eigenvalue weighted by atomic mass is 10.1. The Hall–Kier alpha value is -2.57. The van der Waals surface area contributed by atoms with Crippen LogP contribution in [0.2, 0.25) is 0 Å². The normalized spacial score (nSPS) is 12.8. The van der Waals surface area contributed by atoms with E-state index in [4.69, 9.17) is 9.47 Å². The summed E-state index contributed by atoms with van der Waals surface area (Å²) >= 11 is 2.44. The molecule has 0 unspecified atom stereocenters. The molecule has 1 amide bonds. The third-order valence-corrected chi connectivity index (χ3v) is 4.18. The molecule has 2 heterocycles. The van der Waals surface area contributed by atoms with E-state index >= 15 is 0 Å². The topological polar surface area (TPSA) is 97.1 Å². The van der Waals surface area contributed by atoms with Crippen molar-refractivity contribution >= 4 is 40.4 Å². The molecule has 7 nitrogen and oxygen atoms in total. The molecule has 0 atom stereocenters. The predicted octanol–water partition coefficient (Wildman–Crippen LogP) is 2.53. The van der Waals surface area contributed by atoms with Gasteiger partial charge in [0.2, 0.25) is 17.1 Å². The Balaban J connectivity index is 1.78. The molecular weight excluding hydrogens is 336 g/mol. The second kappa shape index (κ2) is 6.68. The number of carbonyl (C=O) groups is 1. The van der Waals surface area contributed by atoms with E-state index in [0.717, 1.165) is 11.5 Å². The molecule has 23 heavy (non-hydrogen) atoms. The van der Waals surface area contributed by atoms with E-state index in [1.807, 2.05) is 12.3 Å². The van der Waals surface area contributed by atoms with Gasteiger partial charge in [-0.05, 0) is 30.0 Å². The molecule has 0 bridgehead atoms. The number of nitrogens with one attached hydrogen (secondary N) is 1. The van der Waals surface area contributed by atoms with Crippen molar-refractivity contribution in [1.82, 2.24) is 9.36 Å². The number of fused-ring (bicyclic) bond motifs is 1. The van der Waals surface area contributed by atoms with Crippen LogP contribution in [0.3, 0.4) is 0 Å². The highest BCUT2D eigenvalue weighted by Gasteiger charge is 2.15. The van der Waals surface area contributed by atoms with Crippen molar-refractivity contribution in [2.45, 2.75) is 5.16 Å². The average molecular weight is 346 g/mol. The minimum absolute atomic E-state index is 0.0373. The number of nitrogens with zero attached hydrogens (tertiary/aromatic N) is 3. The molecule has 1 aromatic carbocycles. The molecule has 1 N–H and O–H groups in total. The number of aromatic nitrogens is 2. The average Bonchev–Trinajstić information content (AvgIpc) is 3.20. The molecule has 0 saturated carbocycles. The summed E-state index contributed by atoms with van der Waals surface area (Å²) in [4.78, 5) is 16.3. The quantitative estimate of drug-likeness (QED) is 0.516. The minimum atomic E-state index is -0.533. The molecule has 116 valence electrons. The van der Waals surface area contributed by atoms with Gasteiger partial charge < -0.3 is 9.47 Å². The lowest BCUT2D eigenvalue weighted by molar-refractivity contribution is -0.112. The summed E-state index contributed by atoms with van der Waals surface area (Å²) in [6.07, 6.45) is 3.32. The Morgan fingerprint density at radius 1 is 1.48 bits per heavy atom. The summed E-state index contributed by atoms with van der Waals surface area (Å²) in [5.74, 6) is 0.697. The first-order valence-electron chi connectivity index (χ1n) is 6.40. The Morgan fingerprint density at radius 3 is 3.04 bits per heavy atom. The number of ether oxygens (including phenoxy) is 2. The number of hydrogen-bond acceptors (Lipinski definition) is 8. The van der Waals surface area contributed by atoms with E-state index in [9.17, 15) is 10.1 Å². The van der Waals surface area contributed by atoms with E-state index in [0.29, 0.717) is 27.4 Å². The summed E-state index contributed by atoms with van der Waals surface area (Å²) in [5, 5.41) is 12.7. The van der Waals surface area contributed by atoms with Crippen molar-refractivity contribution in [2.75, 3.05) is 18.4 Å². The number of rotatable bonds is 4. The Morgan fingerprint density at radius 2 is 2.30 bits per heavy atom. The zero-order chi connectivity index (χ0) is 16.2. The number of thioether (sulfide) groups is 1. The monoisotopic (exact) mass is 346 g/mol. The first kappa shape index (κ1) is 15.3. The summed E-state index contributed by atoms with van der Waals surface area (Å²) in [6, 6.07) is 7.08. The zero-order valence-electron chi connectivity index (χ0n) is 11.9. The first-order chi connectivity index (χ1) is 11.2. The van der Waals surface area contributed by atoms with Crippen LogP contribution in [0.25, 0.3) is 6.08 Å². The van der Waals surface area contributed by atoms with Crippen LogP contribution in [-0.2, 0) is 4.79 Å². The number of benzene rings is 1. The van der Waals surface area contributed by atoms with Gasteiger partial charge in [-0.1, -0.05) is 17.8 Å². The smallest absolute Gasteiger partial charge is 0.268 e. The summed E-state index contributed by atoms with van der Waals surface area (Å²) in [7, 11) is 0. The standard InChI is InChI=1S/C14H10N4O3S2/c1-22-14-17-13(23-18-14)16-12(19)9(6-15)4-8-2-3-10-11(5-8)21-7-20-10/h2-5H,7H2,1H3,(H,16,17,18,19). The van der Waals surface area contributed by atoms with Gasteiger partial charge in [-0.25, -0.2) is 0 Å². The van der Waals surface area contributed by atoms with Gasteiger partial charge >= 0.3 is 0 Å². The SMILES string of the molecule is CSc1nsc(NC(=O)C(C#N)=Cc2ccc3c(c2)OCO3)n1. The molecule has 0 fully saturated rings. The third-order valence-electron chi connectivity index (χ3n) is 2.88. The summed E-state index contributed by atoms with van der Waals surface area (Å²) in [5.41, 5.74) is 0.632. The van der Waals surface area contributed by atoms with Gasteiger partial charge in [-0.2, -0.15) is 14.6 Å². The number of amides is 1. The van der Waals surface area contributed by atoms with Crippen LogP contribution in [0.15, 0.2) is 28.9 Å². The van der Waals surface area contributed by atoms with Crippen LogP contribution in [0, 0.1) is 11.3 Å². The largest absolute Gasteiger partial charge is 0.454 e. The molecule has 1 aliphatic rings. The van der Waals surface area contributed by atoms with Gasteiger partial charge in [-0.3, -0.25) is 10.1 Å². The number of hydrogen-bond donors (Lipinski definition) is 1. The summed E-state index contributed by atoms with van der Waals surface area (Å²) in [6.45, 7) is 0.170. The Bertz CT molecular complexity index is 826. The van der Waals surface area contributed by atoms with Gasteiger partial charge in [0.25, 0.3) is 5.91 Å². The Labute approximate surface area is 140 Å². The lowest BCUT2D eigenvalue weighted by Crippen LogP contribution is -2.13. The van der Waals surface area contributed by atoms with Crippen LogP contribution in [0.4, 0.5) is 5.13 Å². The predicted molar refractivity (Wildman–Crippen MR) is 86.5 cm³/mol. The van der Waals surface area contributed by atoms with Crippen LogP contribution in [0.5, 0.6) is 11.5 Å². The molecule has 0 radical (unpaired) electrons. The van der Waals surface area contributed by atoms with Crippen molar-refractivity contribution in [3.8, 4) is 17.6 Å². The molecule has 0 saturated heterocycles. The molecule has 1 aromatic heterocycles. The molecular formula is C14H10N4O3S2. The van der Waals surface area contributed by atoms with Crippen molar-refractivity contribution in [3.05, 3.63) is 29.3 Å². The molecule has 0 aliphatic carbocycles. The van der Waals surface area contributed by atoms with Gasteiger partial charge in [0.15, 0.2) is 11.5 Å². The number of carbonyl (C=O) groups excluding carboxylic acids is 1. The van der Waals surface area contributed by atoms with Crippen molar-refractivity contribution in [2.24, 2.45) is 0 Å². The second-order valence-corrected chi connectivity index (χ2v) is 5.85. The van der Waals surface area contributed by atoms with E-state index < -0.39 is 5.91 Å². The fourth-order valence-electron chi connectivity index (χ4n) is 1.83. The van der Waals surface area contributed by atoms with Crippen LogP contribution in [0.1, 0.15) is 5.56 Å². The highest BCUT2D eigenvalue weighted by atomic mass is 32.2. The van der Waals surface area contributed by atoms with Crippen LogP contribution in [-0.4, -0.2) is 28.3 Å². The zero-order valence-corrected chi connectivity index (χ0v) is 13.5. The van der Waals surface area contributed by atoms with E-state index in [2.05, 4.69) is 14.7 Å². The maximum absolute atomic E-state index is 12.2. The fraction of sp³-hybridized carbons (Fsp3) is 0.143. The fourth-order valence-corrected chi connectivity index (χ4v) is 2.95. The third kappa shape index (κ3) is 3.44. The number of anilines is 1. The molecule has 9 heteroatoms. The molecule has 1 aliphatic heterocycles.